The van der Waals surface area contributed by atoms with Crippen LogP contribution in [0, 0.1) is 5.92 Å². The van der Waals surface area contributed by atoms with Gasteiger partial charge in [0, 0.05) is 13.0 Å². The van der Waals surface area contributed by atoms with Crippen LogP contribution in [-0.4, -0.2) is 71.7 Å². The summed E-state index contributed by atoms with van der Waals surface area (Å²) in [6.45, 7) is 12.1. The number of carbonyl (C=O) groups excluding carboxylic acids is 2. The van der Waals surface area contributed by atoms with E-state index in [1.54, 1.807) is 25.2 Å². The van der Waals surface area contributed by atoms with Crippen molar-refractivity contribution in [3.05, 3.63) is 91.0 Å². The number of piperidine rings is 1. The van der Waals surface area contributed by atoms with Gasteiger partial charge >= 0.3 is 14.3 Å². The van der Waals surface area contributed by atoms with Crippen LogP contribution in [0.15, 0.2) is 85.5 Å². The number of ether oxygens (including phenoxy) is 4. The molecule has 3 aromatic rings. The first-order valence-electron chi connectivity index (χ1n) is 19.4. The Morgan fingerprint density at radius 1 is 0.849 bits per heavy atom. The minimum Gasteiger partial charge on any atom is -0.529 e. The summed E-state index contributed by atoms with van der Waals surface area (Å²) in [4.78, 5) is 30.3. The van der Waals surface area contributed by atoms with E-state index in [1.165, 1.54) is 0 Å². The highest BCUT2D eigenvalue weighted by atomic mass is 28.4. The van der Waals surface area contributed by atoms with E-state index in [0.717, 1.165) is 60.9 Å². The number of methoxy groups -OCH3 is 2. The number of rotatable bonds is 16. The number of nitrogens with zero attached hydrogens (tertiary/aromatic N) is 1. The maximum atomic E-state index is 15.0. The van der Waals surface area contributed by atoms with Gasteiger partial charge in [-0.1, -0.05) is 107 Å². The molecule has 0 N–H and O–H groups in total. The van der Waals surface area contributed by atoms with Gasteiger partial charge in [-0.25, -0.2) is 4.79 Å². The molecule has 0 bridgehead atoms. The first-order chi connectivity index (χ1) is 25.7. The molecule has 9 heteroatoms. The van der Waals surface area contributed by atoms with Crippen molar-refractivity contribution in [1.82, 2.24) is 4.90 Å². The Balaban J connectivity index is 1.55. The summed E-state index contributed by atoms with van der Waals surface area (Å²) in [5, 5.41) is 1.98. The highest BCUT2D eigenvalue weighted by Gasteiger charge is 2.53. The van der Waals surface area contributed by atoms with E-state index in [9.17, 15) is 9.59 Å². The Bertz CT molecular complexity index is 1570. The molecule has 2 atom stereocenters. The average Bonchev–Trinajstić information content (AvgIpc) is 3.18. The summed E-state index contributed by atoms with van der Waals surface area (Å²) in [5.41, 5.74) is 0.822. The van der Waals surface area contributed by atoms with Gasteiger partial charge in [0.25, 0.3) is 0 Å². The largest absolute Gasteiger partial charge is 0.529 e. The lowest BCUT2D eigenvalue weighted by molar-refractivity contribution is -0.158. The molecule has 0 unspecified atom stereocenters. The molecule has 1 aliphatic heterocycles. The fraction of sp³-hybridized carbons (Fsp3) is 0.500. The lowest BCUT2D eigenvalue weighted by Gasteiger charge is -2.43. The smallest absolute Gasteiger partial charge is 0.328 e. The van der Waals surface area contributed by atoms with Crippen molar-refractivity contribution in [2.75, 3.05) is 40.6 Å². The van der Waals surface area contributed by atoms with Crippen molar-refractivity contribution in [3.8, 4) is 17.2 Å². The summed E-state index contributed by atoms with van der Waals surface area (Å²) in [7, 11) is 0.240. The van der Waals surface area contributed by atoms with Crippen LogP contribution in [0.1, 0.15) is 90.0 Å². The molecule has 1 saturated carbocycles. The number of esters is 1. The molecule has 3 aromatic carbocycles. The van der Waals surface area contributed by atoms with Gasteiger partial charge in [-0.05, 0) is 71.1 Å². The Kier molecular flexibility index (Phi) is 14.2. The number of carbonyl (C=O) groups is 2. The number of likely N-dealkylation sites (tertiary alicyclic amines) is 1. The van der Waals surface area contributed by atoms with Crippen LogP contribution in [0.5, 0.6) is 17.2 Å². The molecule has 1 heterocycles. The van der Waals surface area contributed by atoms with Crippen LogP contribution in [-0.2, 0) is 19.1 Å². The van der Waals surface area contributed by atoms with Crippen LogP contribution < -0.4 is 24.3 Å². The third-order valence-electron chi connectivity index (χ3n) is 10.9. The fourth-order valence-corrected chi connectivity index (χ4v) is 12.7. The molecular formula is C44H59NO7Si. The summed E-state index contributed by atoms with van der Waals surface area (Å²) >= 11 is 0. The molecule has 1 aliphatic carbocycles. The van der Waals surface area contributed by atoms with E-state index in [0.29, 0.717) is 49.8 Å². The van der Waals surface area contributed by atoms with Crippen molar-refractivity contribution in [3.63, 3.8) is 0 Å². The second-order valence-corrected chi connectivity index (χ2v) is 19.5. The standard InChI is InChI=1S/C44H59NO7Si/c1-7-28-50-29-19-30-51-43(47)37-26-17-18-27-45(37)42(46)40(33-20-11-8-12-21-33)34-31-38(48-5)41(39(32-34)49-6)52-53(44(2,3)4,35-22-13-9-14-23-35)36-24-15-10-16-25-36/h7,9-10,13-16,22-25,31-33,37,40H,1,8,11-12,17-21,26-30H2,2-6H3/t37-,40-/m0/s1. The third kappa shape index (κ3) is 9.18. The van der Waals surface area contributed by atoms with Gasteiger partial charge in [-0.3, -0.25) is 4.79 Å². The lowest BCUT2D eigenvalue weighted by Crippen LogP contribution is -2.68. The Morgan fingerprint density at radius 3 is 1.98 bits per heavy atom. The third-order valence-corrected chi connectivity index (χ3v) is 15.8. The van der Waals surface area contributed by atoms with Crippen LogP contribution in [0.4, 0.5) is 0 Å². The second-order valence-electron chi connectivity index (χ2n) is 15.3. The van der Waals surface area contributed by atoms with Gasteiger partial charge in [0.2, 0.25) is 5.91 Å². The van der Waals surface area contributed by atoms with Gasteiger partial charge in [0.15, 0.2) is 17.2 Å². The molecule has 0 aromatic heterocycles. The molecule has 1 saturated heterocycles. The molecule has 8 nitrogen and oxygen atoms in total. The maximum absolute atomic E-state index is 15.0. The molecule has 53 heavy (non-hydrogen) atoms. The average molecular weight is 742 g/mol. The van der Waals surface area contributed by atoms with Crippen molar-refractivity contribution < 1.29 is 33.0 Å². The zero-order valence-corrected chi connectivity index (χ0v) is 33.4. The van der Waals surface area contributed by atoms with E-state index in [2.05, 4.69) is 75.9 Å². The summed E-state index contributed by atoms with van der Waals surface area (Å²) in [6.07, 6.45) is 9.76. The molecule has 1 amide bonds. The summed E-state index contributed by atoms with van der Waals surface area (Å²) in [6, 6.07) is 24.3. The monoisotopic (exact) mass is 741 g/mol. The molecule has 2 aliphatic rings. The van der Waals surface area contributed by atoms with Crippen molar-refractivity contribution >= 4 is 30.6 Å². The van der Waals surface area contributed by atoms with Crippen molar-refractivity contribution in [2.24, 2.45) is 5.92 Å². The van der Waals surface area contributed by atoms with Crippen molar-refractivity contribution in [1.29, 1.82) is 0 Å². The summed E-state index contributed by atoms with van der Waals surface area (Å²) < 4.78 is 31.0. The minimum absolute atomic E-state index is 0.0300. The minimum atomic E-state index is -3.05. The number of amides is 1. The first kappa shape index (κ1) is 40.1. The van der Waals surface area contributed by atoms with Crippen LogP contribution in [0.25, 0.3) is 0 Å². The predicted octanol–water partition coefficient (Wildman–Crippen LogP) is 7.82. The molecule has 5 rings (SSSR count). The molecule has 0 spiro atoms. The predicted molar refractivity (Wildman–Crippen MR) is 213 cm³/mol. The van der Waals surface area contributed by atoms with Gasteiger partial charge in [-0.2, -0.15) is 0 Å². The topological polar surface area (TPSA) is 83.5 Å². The maximum Gasteiger partial charge on any atom is 0.328 e. The highest BCUT2D eigenvalue weighted by Crippen LogP contribution is 2.48. The number of benzene rings is 3. The fourth-order valence-electron chi connectivity index (χ4n) is 8.28. The zero-order chi connectivity index (χ0) is 37.8. The van der Waals surface area contributed by atoms with Crippen molar-refractivity contribution in [2.45, 2.75) is 95.6 Å². The highest BCUT2D eigenvalue weighted by molar-refractivity contribution is 7.00. The molecule has 2 fully saturated rings. The van der Waals surface area contributed by atoms with E-state index in [-0.39, 0.29) is 29.4 Å². The molecular weight excluding hydrogens is 683 g/mol. The van der Waals surface area contributed by atoms with Gasteiger partial charge < -0.3 is 28.3 Å². The Hall–Kier alpha value is -4.08. The lowest BCUT2D eigenvalue weighted by atomic mass is 9.75. The Labute approximate surface area is 317 Å². The second kappa shape index (κ2) is 18.8. The molecule has 286 valence electrons. The van der Waals surface area contributed by atoms with E-state index >= 15 is 0 Å². The quantitative estimate of drug-likeness (QED) is 0.0641. The van der Waals surface area contributed by atoms with Crippen LogP contribution >= 0.6 is 0 Å². The normalized spacial score (nSPS) is 17.5. The number of hydrogen-bond donors (Lipinski definition) is 0. The van der Waals surface area contributed by atoms with Crippen LogP contribution in [0.2, 0.25) is 5.04 Å². The van der Waals surface area contributed by atoms with Gasteiger partial charge in [0.1, 0.15) is 6.04 Å². The number of hydrogen-bond acceptors (Lipinski definition) is 7. The van der Waals surface area contributed by atoms with E-state index < -0.39 is 20.3 Å². The van der Waals surface area contributed by atoms with Gasteiger partial charge in [0.05, 0.1) is 40.0 Å². The zero-order valence-electron chi connectivity index (χ0n) is 32.4. The van der Waals surface area contributed by atoms with E-state index in [1.807, 2.05) is 24.3 Å². The van der Waals surface area contributed by atoms with Crippen LogP contribution in [0.3, 0.4) is 0 Å². The molecule has 0 radical (unpaired) electrons. The van der Waals surface area contributed by atoms with E-state index in [4.69, 9.17) is 23.4 Å². The van der Waals surface area contributed by atoms with Gasteiger partial charge in [-0.15, -0.1) is 6.58 Å². The first-order valence-corrected chi connectivity index (χ1v) is 21.3. The summed E-state index contributed by atoms with van der Waals surface area (Å²) in [5.74, 6) is 0.851. The Morgan fingerprint density at radius 2 is 1.43 bits per heavy atom. The SMILES string of the molecule is C=CCOCCCOC(=O)[C@@H]1CCCCN1C(=O)[C@H](c1cc(OC)c(O[Si](c2ccccc2)(c2ccccc2)C(C)(C)C)c(OC)c1)C1CCCCC1.